The quantitative estimate of drug-likeness (QED) is 0.456. The number of carbonyl (C=O) groups is 2. The summed E-state index contributed by atoms with van der Waals surface area (Å²) in [4.78, 5) is 24.5. The van der Waals surface area contributed by atoms with Gasteiger partial charge in [-0.25, -0.2) is 4.39 Å². The maximum absolute atomic E-state index is 13.0. The van der Waals surface area contributed by atoms with Crippen molar-refractivity contribution in [1.82, 2.24) is 14.8 Å². The van der Waals surface area contributed by atoms with Gasteiger partial charge in [0.05, 0.1) is 22.2 Å². The van der Waals surface area contributed by atoms with Gasteiger partial charge in [-0.3, -0.25) is 9.59 Å². The lowest BCUT2D eigenvalue weighted by Gasteiger charge is -2.09. The molecular weight excluding hydrogens is 464 g/mol. The van der Waals surface area contributed by atoms with Crippen molar-refractivity contribution in [3.05, 3.63) is 64.2 Å². The van der Waals surface area contributed by atoms with Crippen molar-refractivity contribution >= 4 is 58.2 Å². The highest BCUT2D eigenvalue weighted by Gasteiger charge is 2.16. The number of hydrogen-bond donors (Lipinski definition) is 2. The van der Waals surface area contributed by atoms with Crippen LogP contribution >= 0.6 is 35.0 Å². The molecule has 0 radical (unpaired) electrons. The molecule has 2 N–H and O–H groups in total. The molecule has 0 unspecified atom stereocenters. The second-order valence-corrected chi connectivity index (χ2v) is 8.10. The lowest BCUT2D eigenvalue weighted by atomic mass is 10.3. The van der Waals surface area contributed by atoms with E-state index in [1.165, 1.54) is 36.0 Å². The summed E-state index contributed by atoms with van der Waals surface area (Å²) < 4.78 is 14.7. The van der Waals surface area contributed by atoms with E-state index in [0.29, 0.717) is 38.9 Å². The summed E-state index contributed by atoms with van der Waals surface area (Å²) >= 11 is 13.0. The fraction of sp³-hybridized carbons (Fsp3) is 0.200. The van der Waals surface area contributed by atoms with Gasteiger partial charge in [0.15, 0.2) is 5.16 Å². The van der Waals surface area contributed by atoms with Gasteiger partial charge in [0.1, 0.15) is 11.6 Å². The molecule has 0 fully saturated rings. The normalized spacial score (nSPS) is 10.7. The molecule has 1 heterocycles. The number of aromatic nitrogens is 3. The number of rotatable bonds is 8. The Labute approximate surface area is 192 Å². The molecule has 0 aliphatic heterocycles. The minimum atomic E-state index is -0.376. The third-order valence-corrected chi connectivity index (χ3v) is 5.80. The molecule has 0 saturated heterocycles. The Morgan fingerprint density at radius 3 is 2.35 bits per heavy atom. The first kappa shape index (κ1) is 23.1. The van der Waals surface area contributed by atoms with Crippen LogP contribution in [0.25, 0.3) is 0 Å². The molecule has 1 aromatic heterocycles. The van der Waals surface area contributed by atoms with Crippen molar-refractivity contribution in [2.45, 2.75) is 25.0 Å². The molecule has 3 aromatic rings. The molecule has 0 bridgehead atoms. The Morgan fingerprint density at radius 2 is 1.68 bits per heavy atom. The SMILES string of the molecule is CCn1c(CC(=O)Nc2ccc(Cl)c(Cl)c2)nnc1SCC(=O)Nc1ccc(F)cc1. The average Bonchev–Trinajstić information content (AvgIpc) is 3.12. The van der Waals surface area contributed by atoms with Crippen molar-refractivity contribution in [3.63, 3.8) is 0 Å². The zero-order valence-electron chi connectivity index (χ0n) is 16.4. The third-order valence-electron chi connectivity index (χ3n) is 4.09. The molecule has 0 saturated carbocycles. The van der Waals surface area contributed by atoms with Crippen LogP contribution in [0, 0.1) is 5.82 Å². The van der Waals surface area contributed by atoms with Gasteiger partial charge in [-0.2, -0.15) is 0 Å². The number of amides is 2. The monoisotopic (exact) mass is 481 g/mol. The molecular formula is C20H18Cl2FN5O2S. The summed E-state index contributed by atoms with van der Waals surface area (Å²) in [5.74, 6) is -0.363. The van der Waals surface area contributed by atoms with Crippen molar-refractivity contribution in [2.75, 3.05) is 16.4 Å². The lowest BCUT2D eigenvalue weighted by Crippen LogP contribution is -2.18. The largest absolute Gasteiger partial charge is 0.326 e. The van der Waals surface area contributed by atoms with E-state index in [9.17, 15) is 14.0 Å². The van der Waals surface area contributed by atoms with Crippen molar-refractivity contribution in [1.29, 1.82) is 0 Å². The van der Waals surface area contributed by atoms with E-state index in [4.69, 9.17) is 23.2 Å². The maximum atomic E-state index is 13.0. The van der Waals surface area contributed by atoms with Crippen LogP contribution in [0.2, 0.25) is 10.0 Å². The first-order valence-electron chi connectivity index (χ1n) is 9.21. The number of hydrogen-bond acceptors (Lipinski definition) is 5. The van der Waals surface area contributed by atoms with Crippen LogP contribution in [0.5, 0.6) is 0 Å². The highest BCUT2D eigenvalue weighted by atomic mass is 35.5. The van der Waals surface area contributed by atoms with E-state index < -0.39 is 0 Å². The van der Waals surface area contributed by atoms with E-state index >= 15 is 0 Å². The second-order valence-electron chi connectivity index (χ2n) is 6.34. The van der Waals surface area contributed by atoms with Crippen LogP contribution < -0.4 is 10.6 Å². The maximum Gasteiger partial charge on any atom is 0.234 e. The number of nitrogens with zero attached hydrogens (tertiary/aromatic N) is 3. The van der Waals surface area contributed by atoms with Crippen LogP contribution in [-0.2, 0) is 22.6 Å². The number of benzene rings is 2. The zero-order chi connectivity index (χ0) is 22.4. The molecule has 162 valence electrons. The van der Waals surface area contributed by atoms with Crippen LogP contribution in [-0.4, -0.2) is 32.3 Å². The molecule has 7 nitrogen and oxygen atoms in total. The van der Waals surface area contributed by atoms with E-state index in [0.717, 1.165) is 0 Å². The van der Waals surface area contributed by atoms with Crippen molar-refractivity contribution < 1.29 is 14.0 Å². The van der Waals surface area contributed by atoms with Crippen LogP contribution in [0.1, 0.15) is 12.7 Å². The molecule has 2 amide bonds. The van der Waals surface area contributed by atoms with Gasteiger partial charge in [0.25, 0.3) is 0 Å². The molecule has 31 heavy (non-hydrogen) atoms. The lowest BCUT2D eigenvalue weighted by molar-refractivity contribution is -0.116. The standard InChI is InChI=1S/C20H18Cl2FN5O2S/c1-2-28-17(10-18(29)25-14-7-8-15(21)16(22)9-14)26-27-20(28)31-11-19(30)24-13-5-3-12(23)4-6-13/h3-9H,2,10-11H2,1H3,(H,24,30)(H,25,29). The topological polar surface area (TPSA) is 88.9 Å². The summed E-state index contributed by atoms with van der Waals surface area (Å²) in [6.45, 7) is 2.43. The number of anilines is 2. The molecule has 0 aliphatic rings. The first-order valence-corrected chi connectivity index (χ1v) is 10.9. The third kappa shape index (κ3) is 6.43. The van der Waals surface area contributed by atoms with E-state index in [1.54, 1.807) is 22.8 Å². The van der Waals surface area contributed by atoms with Gasteiger partial charge >= 0.3 is 0 Å². The number of halogens is 3. The van der Waals surface area contributed by atoms with E-state index in [2.05, 4.69) is 20.8 Å². The Morgan fingerprint density at radius 1 is 1.00 bits per heavy atom. The van der Waals surface area contributed by atoms with Gasteiger partial charge in [-0.1, -0.05) is 35.0 Å². The predicted molar refractivity (Wildman–Crippen MR) is 120 cm³/mol. The van der Waals surface area contributed by atoms with Crippen LogP contribution in [0.3, 0.4) is 0 Å². The van der Waals surface area contributed by atoms with Gasteiger partial charge in [-0.15, -0.1) is 10.2 Å². The minimum Gasteiger partial charge on any atom is -0.326 e. The molecule has 11 heteroatoms. The molecule has 0 aliphatic carbocycles. The van der Waals surface area contributed by atoms with Gasteiger partial charge < -0.3 is 15.2 Å². The number of thioether (sulfide) groups is 1. The number of carbonyl (C=O) groups excluding carboxylic acids is 2. The molecule has 0 spiro atoms. The Kier molecular flexibility index (Phi) is 7.89. The Hall–Kier alpha value is -2.62. The zero-order valence-corrected chi connectivity index (χ0v) is 18.7. The minimum absolute atomic E-state index is 0.00339. The molecule has 0 atom stereocenters. The summed E-state index contributed by atoms with van der Waals surface area (Å²) in [5, 5.41) is 14.9. The molecule has 3 rings (SSSR count). The second kappa shape index (κ2) is 10.6. The van der Waals surface area contributed by atoms with Crippen LogP contribution in [0.4, 0.5) is 15.8 Å². The van der Waals surface area contributed by atoms with Gasteiger partial charge in [0, 0.05) is 17.9 Å². The predicted octanol–water partition coefficient (Wildman–Crippen LogP) is 4.66. The summed E-state index contributed by atoms with van der Waals surface area (Å²) in [6, 6.07) is 10.3. The van der Waals surface area contributed by atoms with Crippen molar-refractivity contribution in [3.8, 4) is 0 Å². The highest BCUT2D eigenvalue weighted by Crippen LogP contribution is 2.25. The van der Waals surface area contributed by atoms with Gasteiger partial charge in [-0.05, 0) is 49.4 Å². The van der Waals surface area contributed by atoms with E-state index in [-0.39, 0.29) is 29.8 Å². The first-order chi connectivity index (χ1) is 14.9. The van der Waals surface area contributed by atoms with Crippen molar-refractivity contribution in [2.24, 2.45) is 0 Å². The fourth-order valence-electron chi connectivity index (χ4n) is 2.66. The smallest absolute Gasteiger partial charge is 0.234 e. The summed E-state index contributed by atoms with van der Waals surface area (Å²) in [7, 11) is 0. The fourth-order valence-corrected chi connectivity index (χ4v) is 3.78. The molecule has 2 aromatic carbocycles. The summed E-state index contributed by atoms with van der Waals surface area (Å²) in [6.07, 6.45) is 0.00339. The van der Waals surface area contributed by atoms with Crippen LogP contribution in [0.15, 0.2) is 47.6 Å². The number of nitrogens with one attached hydrogen (secondary N) is 2. The van der Waals surface area contributed by atoms with Gasteiger partial charge in [0.2, 0.25) is 11.8 Å². The van der Waals surface area contributed by atoms with E-state index in [1.807, 2.05) is 6.92 Å². The Bertz CT molecular complexity index is 1090. The average molecular weight is 482 g/mol. The Balaban J connectivity index is 1.58. The highest BCUT2D eigenvalue weighted by molar-refractivity contribution is 7.99. The summed E-state index contributed by atoms with van der Waals surface area (Å²) in [5.41, 5.74) is 1.03.